The van der Waals surface area contributed by atoms with Gasteiger partial charge in [0.05, 0.1) is 18.6 Å². The van der Waals surface area contributed by atoms with E-state index in [0.717, 1.165) is 17.7 Å². The van der Waals surface area contributed by atoms with Gasteiger partial charge < -0.3 is 24.5 Å². The number of rotatable bonds is 6. The third-order valence-corrected chi connectivity index (χ3v) is 6.46. The molecule has 1 saturated heterocycles. The molecule has 4 atom stereocenters. The second kappa shape index (κ2) is 9.04. The van der Waals surface area contributed by atoms with Crippen LogP contribution in [-0.4, -0.2) is 51.2 Å². The van der Waals surface area contributed by atoms with Gasteiger partial charge in [-0.25, -0.2) is 4.98 Å². The van der Waals surface area contributed by atoms with Gasteiger partial charge in [0.1, 0.15) is 29.9 Å². The highest BCUT2D eigenvalue weighted by Crippen LogP contribution is 2.38. The fourth-order valence-electron chi connectivity index (χ4n) is 4.76. The number of amides is 1. The molecule has 1 aliphatic carbocycles. The molecule has 0 unspecified atom stereocenters. The van der Waals surface area contributed by atoms with Gasteiger partial charge in [0.25, 0.3) is 5.91 Å². The van der Waals surface area contributed by atoms with Crippen molar-refractivity contribution < 1.29 is 19.4 Å². The van der Waals surface area contributed by atoms with Gasteiger partial charge in [-0.3, -0.25) is 4.79 Å². The number of aromatic nitrogens is 2. The van der Waals surface area contributed by atoms with Crippen LogP contribution in [0.1, 0.15) is 28.9 Å². The van der Waals surface area contributed by atoms with Crippen LogP contribution in [0.5, 0.6) is 11.5 Å². The van der Waals surface area contributed by atoms with Crippen molar-refractivity contribution in [3.63, 3.8) is 0 Å². The van der Waals surface area contributed by atoms with Crippen LogP contribution in [0.15, 0.2) is 67.1 Å². The maximum Gasteiger partial charge on any atom is 0.271 e. The van der Waals surface area contributed by atoms with Crippen LogP contribution in [0.3, 0.4) is 0 Å². The van der Waals surface area contributed by atoms with Crippen molar-refractivity contribution >= 4 is 5.91 Å². The Kier molecular flexibility index (Phi) is 5.81. The van der Waals surface area contributed by atoms with Gasteiger partial charge >= 0.3 is 0 Å². The number of nitrogens with zero attached hydrogens (tertiary/aromatic N) is 2. The fourth-order valence-corrected chi connectivity index (χ4v) is 4.76. The number of benzene rings is 2. The van der Waals surface area contributed by atoms with E-state index in [1.807, 2.05) is 59.5 Å². The summed E-state index contributed by atoms with van der Waals surface area (Å²) in [5.74, 6) is 2.07. The summed E-state index contributed by atoms with van der Waals surface area (Å²) in [6.07, 6.45) is 3.60. The summed E-state index contributed by atoms with van der Waals surface area (Å²) in [5.41, 5.74) is 1.62. The molecule has 2 aliphatic rings. The van der Waals surface area contributed by atoms with E-state index in [1.165, 1.54) is 6.33 Å². The lowest BCUT2D eigenvalue weighted by Gasteiger charge is -2.35. The molecule has 0 bridgehead atoms. The highest BCUT2D eigenvalue weighted by molar-refractivity contribution is 5.92. The summed E-state index contributed by atoms with van der Waals surface area (Å²) >= 11 is 0. The van der Waals surface area contributed by atoms with Gasteiger partial charge in [-0.1, -0.05) is 30.3 Å². The Labute approximate surface area is 187 Å². The second-order valence-electron chi connectivity index (χ2n) is 8.64. The number of likely N-dealkylation sites (tertiary alicyclic amines) is 1. The molecular weight excluding hydrogens is 406 g/mol. The zero-order valence-electron chi connectivity index (χ0n) is 17.8. The van der Waals surface area contributed by atoms with Crippen LogP contribution in [0.2, 0.25) is 0 Å². The molecule has 2 heterocycles. The molecule has 5 rings (SSSR count). The SMILES string of the molecule is O=C(c1cnc[nH]1)N1C[C@H]2C[C@@H](Oc3ccc(OCc4ccccc4)cc3)[C@H](O)C[C@H]2C1. The average molecular weight is 434 g/mol. The topological polar surface area (TPSA) is 87.7 Å². The lowest BCUT2D eigenvalue weighted by Crippen LogP contribution is -2.42. The molecule has 1 aliphatic heterocycles. The van der Waals surface area contributed by atoms with Crippen molar-refractivity contribution in [3.8, 4) is 11.5 Å². The maximum atomic E-state index is 12.6. The van der Waals surface area contributed by atoms with Crippen LogP contribution >= 0.6 is 0 Å². The Hall–Kier alpha value is -3.32. The predicted octanol–water partition coefficient (Wildman–Crippen LogP) is 3.28. The number of fused-ring (bicyclic) bond motifs is 1. The normalized spacial score (nSPS) is 24.7. The van der Waals surface area contributed by atoms with Crippen molar-refractivity contribution in [2.24, 2.45) is 11.8 Å². The zero-order chi connectivity index (χ0) is 21.9. The zero-order valence-corrected chi connectivity index (χ0v) is 17.8. The highest BCUT2D eigenvalue weighted by atomic mass is 16.5. The van der Waals surface area contributed by atoms with Gasteiger partial charge in [-0.05, 0) is 54.5 Å². The van der Waals surface area contributed by atoms with Gasteiger partial charge in [-0.2, -0.15) is 0 Å². The van der Waals surface area contributed by atoms with Gasteiger partial charge in [0, 0.05) is 13.1 Å². The number of hydrogen-bond donors (Lipinski definition) is 2. The van der Waals surface area contributed by atoms with Gasteiger partial charge in [0.2, 0.25) is 0 Å². The van der Waals surface area contributed by atoms with E-state index in [2.05, 4.69) is 9.97 Å². The Morgan fingerprint density at radius 1 is 1.03 bits per heavy atom. The molecule has 0 radical (unpaired) electrons. The molecule has 2 aromatic carbocycles. The first-order valence-corrected chi connectivity index (χ1v) is 11.0. The molecule has 1 saturated carbocycles. The summed E-state index contributed by atoms with van der Waals surface area (Å²) in [6, 6.07) is 17.6. The van der Waals surface area contributed by atoms with Crippen molar-refractivity contribution in [3.05, 3.63) is 78.4 Å². The number of carbonyl (C=O) groups is 1. The van der Waals surface area contributed by atoms with Gasteiger partial charge in [-0.15, -0.1) is 0 Å². The van der Waals surface area contributed by atoms with Crippen molar-refractivity contribution in [2.75, 3.05) is 13.1 Å². The smallest absolute Gasteiger partial charge is 0.271 e. The number of hydrogen-bond acceptors (Lipinski definition) is 5. The van der Waals surface area contributed by atoms with Crippen LogP contribution in [-0.2, 0) is 6.61 Å². The summed E-state index contributed by atoms with van der Waals surface area (Å²) in [5, 5.41) is 10.7. The number of aliphatic hydroxyl groups is 1. The first-order valence-electron chi connectivity index (χ1n) is 11.0. The third-order valence-electron chi connectivity index (χ3n) is 6.46. The maximum absolute atomic E-state index is 12.6. The first kappa shape index (κ1) is 20.6. The number of aromatic amines is 1. The Balaban J connectivity index is 1.16. The van der Waals surface area contributed by atoms with Crippen molar-refractivity contribution in [1.82, 2.24) is 14.9 Å². The van der Waals surface area contributed by atoms with E-state index in [1.54, 1.807) is 6.20 Å². The lowest BCUT2D eigenvalue weighted by molar-refractivity contribution is -0.0231. The number of aliphatic hydroxyl groups excluding tert-OH is 1. The molecule has 7 heteroatoms. The molecule has 7 nitrogen and oxygen atoms in total. The molecule has 1 amide bonds. The van der Waals surface area contributed by atoms with E-state index < -0.39 is 6.10 Å². The quantitative estimate of drug-likeness (QED) is 0.623. The average Bonchev–Trinajstić information content (AvgIpc) is 3.49. The van der Waals surface area contributed by atoms with Crippen LogP contribution < -0.4 is 9.47 Å². The Morgan fingerprint density at radius 2 is 1.75 bits per heavy atom. The Bertz CT molecular complexity index is 1020. The van der Waals surface area contributed by atoms with Crippen molar-refractivity contribution in [1.29, 1.82) is 0 Å². The van der Waals surface area contributed by atoms with E-state index in [-0.39, 0.29) is 12.0 Å². The third kappa shape index (κ3) is 4.48. The number of ether oxygens (including phenoxy) is 2. The molecule has 2 fully saturated rings. The van der Waals surface area contributed by atoms with E-state index >= 15 is 0 Å². The fraction of sp³-hybridized carbons (Fsp3) is 0.360. The number of carbonyl (C=O) groups excluding carboxylic acids is 1. The van der Waals surface area contributed by atoms with E-state index in [9.17, 15) is 9.90 Å². The monoisotopic (exact) mass is 433 g/mol. The van der Waals surface area contributed by atoms with Crippen LogP contribution in [0, 0.1) is 11.8 Å². The number of nitrogens with one attached hydrogen (secondary N) is 1. The van der Waals surface area contributed by atoms with E-state index in [4.69, 9.17) is 9.47 Å². The van der Waals surface area contributed by atoms with Crippen LogP contribution in [0.25, 0.3) is 0 Å². The standard InChI is InChI=1S/C25H27N3O4/c29-23-10-18-13-28(25(30)22-12-26-16-27-22)14-19(18)11-24(23)32-21-8-6-20(7-9-21)31-15-17-4-2-1-3-5-17/h1-9,12,16,18-19,23-24,29H,10-11,13-15H2,(H,26,27)/t18-,19+,23+,24+/m0/s1. The molecule has 1 aromatic heterocycles. The summed E-state index contributed by atoms with van der Waals surface area (Å²) in [6.45, 7) is 1.86. The Morgan fingerprint density at radius 3 is 2.47 bits per heavy atom. The highest BCUT2D eigenvalue weighted by Gasteiger charge is 2.44. The molecular formula is C25H27N3O4. The molecule has 166 valence electrons. The minimum atomic E-state index is -0.549. The van der Waals surface area contributed by atoms with Crippen molar-refractivity contribution in [2.45, 2.75) is 31.7 Å². The second-order valence-corrected chi connectivity index (χ2v) is 8.64. The summed E-state index contributed by atoms with van der Waals surface area (Å²) in [4.78, 5) is 21.3. The summed E-state index contributed by atoms with van der Waals surface area (Å²) in [7, 11) is 0. The van der Waals surface area contributed by atoms with E-state index in [0.29, 0.717) is 49.4 Å². The predicted molar refractivity (Wildman–Crippen MR) is 118 cm³/mol. The molecule has 2 N–H and O–H groups in total. The first-order chi connectivity index (χ1) is 15.7. The molecule has 3 aromatic rings. The largest absolute Gasteiger partial charge is 0.489 e. The minimum absolute atomic E-state index is 0.0325. The molecule has 0 spiro atoms. The van der Waals surface area contributed by atoms with Crippen LogP contribution in [0.4, 0.5) is 0 Å². The van der Waals surface area contributed by atoms with Gasteiger partial charge in [0.15, 0.2) is 0 Å². The lowest BCUT2D eigenvalue weighted by atomic mass is 9.78. The summed E-state index contributed by atoms with van der Waals surface area (Å²) < 4.78 is 12.0. The number of imidazole rings is 1. The number of H-pyrrole nitrogens is 1. The molecule has 32 heavy (non-hydrogen) atoms. The minimum Gasteiger partial charge on any atom is -0.489 e.